The van der Waals surface area contributed by atoms with Gasteiger partial charge < -0.3 is 20.7 Å². The highest BCUT2D eigenvalue weighted by Gasteiger charge is 2.26. The van der Waals surface area contributed by atoms with Gasteiger partial charge in [0.15, 0.2) is 0 Å². The van der Waals surface area contributed by atoms with Crippen LogP contribution in [0, 0.1) is 12.8 Å². The van der Waals surface area contributed by atoms with Crippen molar-refractivity contribution in [2.75, 3.05) is 23.3 Å². The Bertz CT molecular complexity index is 1590. The lowest BCUT2D eigenvalue weighted by Gasteiger charge is -2.31. The van der Waals surface area contributed by atoms with E-state index in [1.54, 1.807) is 16.9 Å². The number of nitrogens with zero attached hydrogens (tertiary/aromatic N) is 5. The minimum absolute atomic E-state index is 0.197. The molecule has 1 saturated heterocycles. The first-order valence-electron chi connectivity index (χ1n) is 14.4. The van der Waals surface area contributed by atoms with Crippen molar-refractivity contribution in [3.8, 4) is 17.3 Å². The molecule has 3 heterocycles. The van der Waals surface area contributed by atoms with Gasteiger partial charge in [-0.25, -0.2) is 14.5 Å². The molecule has 0 bridgehead atoms. The van der Waals surface area contributed by atoms with Crippen molar-refractivity contribution in [2.45, 2.75) is 52.5 Å². The number of nitrogens with two attached hydrogens (primary N) is 1. The number of aryl methyl sites for hydroxylation is 1. The number of piperidine rings is 1. The normalized spacial score (nSPS) is 15.2. The molecule has 3 amide bonds. The van der Waals surface area contributed by atoms with Crippen LogP contribution in [0.5, 0.6) is 11.6 Å². The summed E-state index contributed by atoms with van der Waals surface area (Å²) in [6, 6.07) is 18.6. The molecule has 5 rings (SSSR count). The van der Waals surface area contributed by atoms with Crippen LogP contribution in [0.3, 0.4) is 0 Å². The number of primary amides is 1. The number of nitrogens with one attached hydrogen (secondary N) is 2. The van der Waals surface area contributed by atoms with Crippen molar-refractivity contribution in [1.82, 2.24) is 25.1 Å². The summed E-state index contributed by atoms with van der Waals surface area (Å²) in [6.07, 6.45) is 3.23. The third-order valence-corrected chi connectivity index (χ3v) is 7.35. The predicted octanol–water partition coefficient (Wildman–Crippen LogP) is 5.08. The quantitative estimate of drug-likeness (QED) is 0.263. The second-order valence-electron chi connectivity index (χ2n) is 11.8. The Labute approximate surface area is 251 Å². The summed E-state index contributed by atoms with van der Waals surface area (Å²) in [5.74, 6) is 1.44. The first kappa shape index (κ1) is 29.6. The number of benzene rings is 2. The molecule has 11 heteroatoms. The molecule has 1 aliphatic heterocycles. The number of rotatable bonds is 8. The standard InChI is InChI=1S/C32H38N8O3/c1-21-11-13-24(14-12-21)40-27(18-26(38-40)32(2,3)4)36-31(42)35-19-22-8-5-6-10-25(22)43-28-15-16-34-30(37-28)39-17-7-9-23(20-39)29(33)41/h5-6,8,10-16,18,23H,7,9,17,19-20H2,1-4H3,(H2,33,41)(H2,35,36,42). The molecule has 0 spiro atoms. The summed E-state index contributed by atoms with van der Waals surface area (Å²) in [6.45, 7) is 9.72. The average Bonchev–Trinajstić information content (AvgIpc) is 3.41. The predicted molar refractivity (Wildman–Crippen MR) is 166 cm³/mol. The molecule has 43 heavy (non-hydrogen) atoms. The van der Waals surface area contributed by atoms with Crippen molar-refractivity contribution >= 4 is 23.7 Å². The van der Waals surface area contributed by atoms with Crippen molar-refractivity contribution in [3.63, 3.8) is 0 Å². The van der Waals surface area contributed by atoms with Crippen molar-refractivity contribution in [2.24, 2.45) is 11.7 Å². The molecule has 2 aromatic carbocycles. The fraction of sp³-hybridized carbons (Fsp3) is 0.344. The number of aromatic nitrogens is 4. The summed E-state index contributed by atoms with van der Waals surface area (Å²) in [5.41, 5.74) is 8.97. The smallest absolute Gasteiger partial charge is 0.320 e. The molecule has 0 saturated carbocycles. The van der Waals surface area contributed by atoms with Gasteiger partial charge in [-0.1, -0.05) is 56.7 Å². The second-order valence-corrected chi connectivity index (χ2v) is 11.8. The first-order chi connectivity index (χ1) is 20.6. The molecule has 11 nitrogen and oxygen atoms in total. The number of hydrogen-bond acceptors (Lipinski definition) is 7. The van der Waals surface area contributed by atoms with E-state index >= 15 is 0 Å². The number of carbonyl (C=O) groups excluding carboxylic acids is 2. The number of anilines is 2. The summed E-state index contributed by atoms with van der Waals surface area (Å²) in [7, 11) is 0. The Balaban J connectivity index is 1.27. The molecule has 1 unspecified atom stereocenters. The summed E-state index contributed by atoms with van der Waals surface area (Å²) < 4.78 is 7.89. The van der Waals surface area contributed by atoms with Crippen molar-refractivity contribution in [3.05, 3.63) is 83.7 Å². The molecule has 1 atom stereocenters. The third kappa shape index (κ3) is 7.29. The number of hydrogen-bond donors (Lipinski definition) is 3. The molecular weight excluding hydrogens is 544 g/mol. The van der Waals surface area contributed by atoms with Crippen molar-refractivity contribution in [1.29, 1.82) is 0 Å². The molecule has 4 N–H and O–H groups in total. The number of ether oxygens (including phenoxy) is 1. The maximum absolute atomic E-state index is 13.1. The van der Waals surface area contributed by atoms with Gasteiger partial charge in [-0.2, -0.15) is 10.1 Å². The molecule has 1 aliphatic rings. The van der Waals surface area contributed by atoms with E-state index in [-0.39, 0.29) is 29.8 Å². The van der Waals surface area contributed by atoms with E-state index in [9.17, 15) is 9.59 Å². The average molecular weight is 583 g/mol. The molecule has 224 valence electrons. The van der Waals surface area contributed by atoms with Crippen LogP contribution in [0.4, 0.5) is 16.6 Å². The monoisotopic (exact) mass is 582 g/mol. The highest BCUT2D eigenvalue weighted by molar-refractivity contribution is 5.88. The lowest BCUT2D eigenvalue weighted by Crippen LogP contribution is -2.41. The van der Waals surface area contributed by atoms with E-state index in [4.69, 9.17) is 15.6 Å². The van der Waals surface area contributed by atoms with Gasteiger partial charge >= 0.3 is 6.03 Å². The van der Waals surface area contributed by atoms with Gasteiger partial charge in [-0.15, -0.1) is 0 Å². The highest BCUT2D eigenvalue weighted by Crippen LogP contribution is 2.28. The summed E-state index contributed by atoms with van der Waals surface area (Å²) in [5, 5.41) is 10.7. The van der Waals surface area contributed by atoms with Gasteiger partial charge in [0.25, 0.3) is 0 Å². The third-order valence-electron chi connectivity index (χ3n) is 7.35. The second kappa shape index (κ2) is 12.5. The van der Waals surface area contributed by atoms with E-state index in [2.05, 4.69) is 41.4 Å². The van der Waals surface area contributed by atoms with E-state index < -0.39 is 0 Å². The topological polar surface area (TPSA) is 140 Å². The maximum atomic E-state index is 13.1. The maximum Gasteiger partial charge on any atom is 0.320 e. The molecular formula is C32H38N8O3. The zero-order valence-electron chi connectivity index (χ0n) is 25.0. The fourth-order valence-electron chi connectivity index (χ4n) is 4.85. The summed E-state index contributed by atoms with van der Waals surface area (Å²) in [4.78, 5) is 35.7. The van der Waals surface area contributed by atoms with Gasteiger partial charge in [-0.05, 0) is 38.0 Å². The lowest BCUT2D eigenvalue weighted by molar-refractivity contribution is -0.122. The van der Waals surface area contributed by atoms with Crippen LogP contribution >= 0.6 is 0 Å². The highest BCUT2D eigenvalue weighted by atomic mass is 16.5. The molecule has 2 aromatic heterocycles. The SMILES string of the molecule is Cc1ccc(-n2nc(C(C)(C)C)cc2NC(=O)NCc2ccccc2Oc2ccnc(N3CCCC(C(N)=O)C3)n2)cc1. The van der Waals surface area contributed by atoms with Gasteiger partial charge in [0, 0.05) is 48.9 Å². The molecule has 0 aliphatic carbocycles. The van der Waals surface area contributed by atoms with Gasteiger partial charge in [0.1, 0.15) is 11.6 Å². The van der Waals surface area contributed by atoms with Crippen LogP contribution < -0.4 is 26.0 Å². The number of amides is 3. The van der Waals surface area contributed by atoms with E-state index in [1.807, 2.05) is 66.4 Å². The molecule has 0 radical (unpaired) electrons. The van der Waals surface area contributed by atoms with E-state index in [1.165, 1.54) is 0 Å². The Morgan fingerprint density at radius 2 is 1.86 bits per heavy atom. The largest absolute Gasteiger partial charge is 0.439 e. The van der Waals surface area contributed by atoms with E-state index in [0.29, 0.717) is 29.9 Å². The van der Waals surface area contributed by atoms with Crippen LogP contribution in [-0.4, -0.2) is 44.8 Å². The Kier molecular flexibility index (Phi) is 8.61. The Morgan fingerprint density at radius 1 is 1.09 bits per heavy atom. The van der Waals surface area contributed by atoms with Crippen LogP contribution in [0.15, 0.2) is 66.9 Å². The molecule has 4 aromatic rings. The van der Waals surface area contributed by atoms with Crippen molar-refractivity contribution < 1.29 is 14.3 Å². The summed E-state index contributed by atoms with van der Waals surface area (Å²) >= 11 is 0. The first-order valence-corrected chi connectivity index (χ1v) is 14.4. The van der Waals surface area contributed by atoms with Gasteiger partial charge in [-0.3, -0.25) is 10.1 Å². The van der Waals surface area contributed by atoms with Crippen LogP contribution in [0.2, 0.25) is 0 Å². The zero-order valence-corrected chi connectivity index (χ0v) is 25.0. The van der Waals surface area contributed by atoms with Gasteiger partial charge in [0.05, 0.1) is 17.3 Å². The van der Waals surface area contributed by atoms with Crippen LogP contribution in [-0.2, 0) is 16.8 Å². The minimum atomic E-state index is -0.373. The number of urea groups is 1. The number of para-hydroxylation sites is 1. The minimum Gasteiger partial charge on any atom is -0.439 e. The lowest BCUT2D eigenvalue weighted by atomic mass is 9.92. The van der Waals surface area contributed by atoms with Crippen LogP contribution in [0.1, 0.15) is 50.4 Å². The fourth-order valence-corrected chi connectivity index (χ4v) is 4.85. The van der Waals surface area contributed by atoms with Crippen LogP contribution in [0.25, 0.3) is 5.69 Å². The van der Waals surface area contributed by atoms with Gasteiger partial charge in [0.2, 0.25) is 17.7 Å². The molecule has 1 fully saturated rings. The Morgan fingerprint density at radius 3 is 2.60 bits per heavy atom. The number of carbonyl (C=O) groups is 2. The Hall–Kier alpha value is -4.93. The van der Waals surface area contributed by atoms with E-state index in [0.717, 1.165) is 41.9 Å². The zero-order chi connectivity index (χ0) is 30.6.